The van der Waals surface area contributed by atoms with Crippen LogP contribution in [0, 0.1) is 18.2 Å². The molecule has 3 atom stereocenters. The van der Waals surface area contributed by atoms with E-state index in [0.29, 0.717) is 46.3 Å². The van der Waals surface area contributed by atoms with Gasteiger partial charge in [-0.15, -0.1) is 11.3 Å². The number of hydrogen-bond acceptors (Lipinski definition) is 10. The second kappa shape index (κ2) is 12.0. The van der Waals surface area contributed by atoms with E-state index in [1.807, 2.05) is 10.3 Å². The number of aliphatic hydroxyl groups is 1. The number of esters is 1. The van der Waals surface area contributed by atoms with E-state index in [9.17, 15) is 29.0 Å². The van der Waals surface area contributed by atoms with Crippen molar-refractivity contribution >= 4 is 40.7 Å². The lowest BCUT2D eigenvalue weighted by Crippen LogP contribution is -2.60. The van der Waals surface area contributed by atoms with Crippen molar-refractivity contribution in [1.82, 2.24) is 15.2 Å². The number of amides is 1. The maximum atomic E-state index is 14.8. The summed E-state index contributed by atoms with van der Waals surface area (Å²) in [7, 11) is 0. The SMILES string of the molecule is CCOC(=O)C1=C(CN2CC[C@@]3(C)C(=O)N(c4ccc(C(=O)O)cc4)C[C@@]3(O)C2)NC(c2nccs2)=N[C@H]1c1cccc(F)c1C. The number of nitrogens with zero attached hydrogens (tertiary/aromatic N) is 4. The zero-order valence-corrected chi connectivity index (χ0v) is 26.4. The Balaban J connectivity index is 1.35. The number of rotatable bonds is 8. The number of amidine groups is 1. The number of carbonyl (C=O) groups excluding carboxylic acids is 2. The summed E-state index contributed by atoms with van der Waals surface area (Å²) in [5.74, 6) is -1.88. The molecule has 11 nitrogen and oxygen atoms in total. The van der Waals surface area contributed by atoms with Gasteiger partial charge in [0.2, 0.25) is 5.91 Å². The fourth-order valence-electron chi connectivity index (χ4n) is 6.51. The van der Waals surface area contributed by atoms with Crippen molar-refractivity contribution < 1.29 is 33.7 Å². The van der Waals surface area contributed by atoms with Gasteiger partial charge in [-0.05, 0) is 75.2 Å². The molecule has 1 amide bonds. The third kappa shape index (κ3) is 5.37. The minimum absolute atomic E-state index is 0.0133. The largest absolute Gasteiger partial charge is 0.478 e. The van der Waals surface area contributed by atoms with Crippen molar-refractivity contribution in [3.63, 3.8) is 0 Å². The normalized spacial score (nSPS) is 24.8. The van der Waals surface area contributed by atoms with E-state index in [2.05, 4.69) is 10.3 Å². The Kier molecular flexibility index (Phi) is 8.25. The van der Waals surface area contributed by atoms with Crippen LogP contribution in [-0.4, -0.2) is 82.2 Å². The molecule has 0 unspecified atom stereocenters. The molecule has 1 aromatic heterocycles. The molecule has 3 aromatic rings. The topological polar surface area (TPSA) is 145 Å². The number of aliphatic imine (C=N–C) groups is 1. The summed E-state index contributed by atoms with van der Waals surface area (Å²) in [6.07, 6.45) is 1.99. The fraction of sp³-hybridized carbons (Fsp3) is 0.364. The molecule has 2 saturated heterocycles. The quantitative estimate of drug-likeness (QED) is 0.312. The Hall–Kier alpha value is -4.46. The number of fused-ring (bicyclic) bond motifs is 1. The van der Waals surface area contributed by atoms with Gasteiger partial charge in [0.05, 0.1) is 29.7 Å². The summed E-state index contributed by atoms with van der Waals surface area (Å²) < 4.78 is 20.3. The molecule has 0 bridgehead atoms. The third-order valence-electron chi connectivity index (χ3n) is 9.25. The number of nitrogens with one attached hydrogen (secondary N) is 1. The van der Waals surface area contributed by atoms with Crippen LogP contribution in [0.2, 0.25) is 0 Å². The van der Waals surface area contributed by atoms with Crippen LogP contribution >= 0.6 is 11.3 Å². The standard InChI is InChI=1S/C33H34FN5O6S/c1-4-45-30(42)25-24(36-27(28-35-13-15-46-28)37-26(25)22-6-5-7-23(34)19(22)2)16-38-14-12-32(3)31(43)39(18-33(32,44)17-38)21-10-8-20(9-11-21)29(40)41/h5-11,13,15,26,44H,4,12,14,16-18H2,1-3H3,(H,36,37)(H,40,41)/t26-,32-,33-/m0/s1. The molecule has 2 fully saturated rings. The average Bonchev–Trinajstić information content (AvgIpc) is 3.64. The Morgan fingerprint density at radius 2 is 1.96 bits per heavy atom. The Bertz CT molecular complexity index is 1760. The van der Waals surface area contributed by atoms with Crippen LogP contribution in [0.25, 0.3) is 0 Å². The molecule has 3 aliphatic heterocycles. The third-order valence-corrected chi connectivity index (χ3v) is 10.0. The van der Waals surface area contributed by atoms with Gasteiger partial charge >= 0.3 is 11.9 Å². The van der Waals surface area contributed by atoms with E-state index in [4.69, 9.17) is 9.73 Å². The first-order chi connectivity index (χ1) is 22.0. The van der Waals surface area contributed by atoms with E-state index in [1.165, 1.54) is 34.4 Å². The molecule has 46 heavy (non-hydrogen) atoms. The van der Waals surface area contributed by atoms with Crippen molar-refractivity contribution in [1.29, 1.82) is 0 Å². The smallest absolute Gasteiger partial charge is 0.338 e. The zero-order chi connectivity index (χ0) is 32.8. The Morgan fingerprint density at radius 1 is 1.20 bits per heavy atom. The maximum absolute atomic E-state index is 14.8. The van der Waals surface area contributed by atoms with Gasteiger partial charge in [0.25, 0.3) is 0 Å². The molecular weight excluding hydrogens is 613 g/mol. The first-order valence-electron chi connectivity index (χ1n) is 15.0. The van der Waals surface area contributed by atoms with Crippen LogP contribution in [0.15, 0.2) is 70.3 Å². The number of benzene rings is 2. The molecule has 13 heteroatoms. The predicted molar refractivity (Wildman–Crippen MR) is 169 cm³/mol. The first kappa shape index (κ1) is 31.5. The minimum Gasteiger partial charge on any atom is -0.478 e. The molecule has 0 radical (unpaired) electrons. The van der Waals surface area contributed by atoms with Crippen LogP contribution in [0.1, 0.15) is 52.8 Å². The van der Waals surface area contributed by atoms with Crippen LogP contribution in [-0.2, 0) is 14.3 Å². The summed E-state index contributed by atoms with van der Waals surface area (Å²) in [6, 6.07) is 9.81. The van der Waals surface area contributed by atoms with Crippen molar-refractivity contribution in [2.75, 3.05) is 37.7 Å². The monoisotopic (exact) mass is 647 g/mol. The Labute approximate surface area is 269 Å². The van der Waals surface area contributed by atoms with Crippen molar-refractivity contribution in [3.8, 4) is 0 Å². The Morgan fingerprint density at radius 3 is 2.63 bits per heavy atom. The highest BCUT2D eigenvalue weighted by Gasteiger charge is 2.62. The number of ether oxygens (including phenoxy) is 1. The van der Waals surface area contributed by atoms with Gasteiger partial charge in [-0.25, -0.2) is 19.0 Å². The van der Waals surface area contributed by atoms with Gasteiger partial charge in [-0.2, -0.15) is 0 Å². The van der Waals surface area contributed by atoms with Gasteiger partial charge in [0, 0.05) is 36.1 Å². The molecule has 4 heterocycles. The summed E-state index contributed by atoms with van der Waals surface area (Å²) in [4.78, 5) is 51.4. The van der Waals surface area contributed by atoms with Crippen molar-refractivity contribution in [3.05, 3.63) is 92.8 Å². The summed E-state index contributed by atoms with van der Waals surface area (Å²) >= 11 is 1.37. The zero-order valence-electron chi connectivity index (χ0n) is 25.6. The summed E-state index contributed by atoms with van der Waals surface area (Å²) in [5.41, 5.74) is -0.316. The number of carboxylic acid groups (broad SMARTS) is 1. The number of β-amino-alcohol motifs (C(OH)–C–C–N with tert-alkyl or cyclic N) is 1. The minimum atomic E-state index is -1.45. The van der Waals surface area contributed by atoms with Gasteiger partial charge in [-0.3, -0.25) is 14.7 Å². The highest BCUT2D eigenvalue weighted by Crippen LogP contribution is 2.48. The maximum Gasteiger partial charge on any atom is 0.338 e. The van der Waals surface area contributed by atoms with Crippen molar-refractivity contribution in [2.24, 2.45) is 10.4 Å². The number of thiazole rings is 1. The first-order valence-corrected chi connectivity index (χ1v) is 15.8. The van der Waals surface area contributed by atoms with E-state index in [1.54, 1.807) is 51.2 Å². The van der Waals surface area contributed by atoms with E-state index in [0.717, 1.165) is 0 Å². The molecule has 6 rings (SSSR count). The molecule has 0 spiro atoms. The summed E-state index contributed by atoms with van der Waals surface area (Å²) in [5, 5.41) is 27.1. The van der Waals surface area contributed by atoms with Crippen LogP contribution in [0.4, 0.5) is 10.1 Å². The second-order valence-corrected chi connectivity index (χ2v) is 12.9. The number of carboxylic acids is 1. The number of piperidine rings is 1. The van der Waals surface area contributed by atoms with Crippen LogP contribution < -0.4 is 10.2 Å². The highest BCUT2D eigenvalue weighted by atomic mass is 32.1. The number of anilines is 1. The summed E-state index contributed by atoms with van der Waals surface area (Å²) in [6.45, 7) is 5.99. The predicted octanol–water partition coefficient (Wildman–Crippen LogP) is 3.69. The van der Waals surface area contributed by atoms with Crippen LogP contribution in [0.5, 0.6) is 0 Å². The lowest BCUT2D eigenvalue weighted by molar-refractivity contribution is -0.143. The molecular formula is C33H34FN5O6S. The van der Waals surface area contributed by atoms with Gasteiger partial charge in [0.1, 0.15) is 17.5 Å². The van der Waals surface area contributed by atoms with Gasteiger partial charge < -0.3 is 25.2 Å². The molecule has 0 aliphatic carbocycles. The molecule has 240 valence electrons. The van der Waals surface area contributed by atoms with E-state index < -0.39 is 34.8 Å². The number of carbonyl (C=O) groups is 3. The number of halogens is 1. The molecule has 2 aromatic carbocycles. The van der Waals surface area contributed by atoms with Gasteiger partial charge in [-0.1, -0.05) is 12.1 Å². The molecule has 0 saturated carbocycles. The fourth-order valence-corrected chi connectivity index (χ4v) is 7.10. The molecule has 3 aliphatic rings. The van der Waals surface area contributed by atoms with Crippen molar-refractivity contribution in [2.45, 2.75) is 38.8 Å². The lowest BCUT2D eigenvalue weighted by atomic mass is 9.70. The number of aromatic nitrogens is 1. The number of aromatic carboxylic acids is 1. The number of hydrogen-bond donors (Lipinski definition) is 3. The van der Waals surface area contributed by atoms with E-state index >= 15 is 0 Å². The average molecular weight is 648 g/mol. The highest BCUT2D eigenvalue weighted by molar-refractivity contribution is 7.11. The van der Waals surface area contributed by atoms with E-state index in [-0.39, 0.29) is 43.3 Å². The molecule has 3 N–H and O–H groups in total. The lowest BCUT2D eigenvalue weighted by Gasteiger charge is -2.46. The van der Waals surface area contributed by atoms with Gasteiger partial charge in [0.15, 0.2) is 10.8 Å². The second-order valence-electron chi connectivity index (χ2n) is 12.0. The van der Waals surface area contributed by atoms with Crippen LogP contribution in [0.3, 0.4) is 0 Å². The number of likely N-dealkylation sites (tertiary alicyclic amines) is 1.